The third-order valence-electron chi connectivity index (χ3n) is 0.980. The molecule has 0 aromatic carbocycles. The van der Waals surface area contributed by atoms with E-state index in [1.807, 2.05) is 18.1 Å². The molecule has 0 radical (unpaired) electrons. The standard InChI is InChI=1S/C4H8IN3/c1-8-3(5)2-4(6)7-8/h2,4,7H,6H2,1H3/t4-/m1/s1. The van der Waals surface area contributed by atoms with E-state index in [-0.39, 0.29) is 6.17 Å². The van der Waals surface area contributed by atoms with E-state index in [0.717, 1.165) is 3.70 Å². The first-order chi connectivity index (χ1) is 3.70. The van der Waals surface area contributed by atoms with Crippen LogP contribution in [0.15, 0.2) is 9.78 Å². The SMILES string of the molecule is CN1N[C@@H](N)C=C1I. The molecule has 0 saturated carbocycles. The highest BCUT2D eigenvalue weighted by molar-refractivity contribution is 14.1. The maximum atomic E-state index is 5.48. The predicted octanol–water partition coefficient (Wildman–Crippen LogP) is -0.00240. The average molecular weight is 225 g/mol. The summed E-state index contributed by atoms with van der Waals surface area (Å²) in [6, 6.07) is 0. The van der Waals surface area contributed by atoms with Crippen molar-refractivity contribution >= 4 is 22.6 Å². The highest BCUT2D eigenvalue weighted by atomic mass is 127. The van der Waals surface area contributed by atoms with Gasteiger partial charge in [0.25, 0.3) is 0 Å². The molecule has 0 aromatic rings. The molecule has 0 unspecified atom stereocenters. The fourth-order valence-corrected chi connectivity index (χ4v) is 1.11. The molecule has 0 bridgehead atoms. The lowest BCUT2D eigenvalue weighted by molar-refractivity contribution is 0.330. The van der Waals surface area contributed by atoms with Crippen molar-refractivity contribution in [2.75, 3.05) is 7.05 Å². The summed E-state index contributed by atoms with van der Waals surface area (Å²) in [5, 5.41) is 1.89. The third kappa shape index (κ3) is 1.12. The minimum Gasteiger partial charge on any atom is -0.311 e. The van der Waals surface area contributed by atoms with Gasteiger partial charge in [0, 0.05) is 7.05 Å². The molecule has 1 aliphatic rings. The lowest BCUT2D eigenvalue weighted by Crippen LogP contribution is -2.38. The van der Waals surface area contributed by atoms with Gasteiger partial charge in [0.1, 0.15) is 0 Å². The van der Waals surface area contributed by atoms with Gasteiger partial charge in [-0.3, -0.25) is 0 Å². The van der Waals surface area contributed by atoms with Crippen molar-refractivity contribution in [3.63, 3.8) is 0 Å². The molecular formula is C4H8IN3. The average Bonchev–Trinajstić information content (AvgIpc) is 1.85. The molecule has 46 valence electrons. The Hall–Kier alpha value is 0.190. The van der Waals surface area contributed by atoms with Crippen LogP contribution in [-0.4, -0.2) is 18.2 Å². The Labute approximate surface area is 62.0 Å². The van der Waals surface area contributed by atoms with E-state index < -0.39 is 0 Å². The van der Waals surface area contributed by atoms with E-state index in [2.05, 4.69) is 28.0 Å². The number of nitrogens with two attached hydrogens (primary N) is 1. The van der Waals surface area contributed by atoms with Crippen molar-refractivity contribution in [2.24, 2.45) is 5.73 Å². The first-order valence-electron chi connectivity index (χ1n) is 2.33. The summed E-state index contributed by atoms with van der Waals surface area (Å²) < 4.78 is 1.15. The molecule has 1 rings (SSSR count). The van der Waals surface area contributed by atoms with Crippen LogP contribution < -0.4 is 11.2 Å². The fourth-order valence-electron chi connectivity index (χ4n) is 0.583. The Morgan fingerprint density at radius 2 is 2.62 bits per heavy atom. The number of nitrogens with zero attached hydrogens (tertiary/aromatic N) is 1. The van der Waals surface area contributed by atoms with Crippen molar-refractivity contribution in [3.8, 4) is 0 Å². The number of rotatable bonds is 0. The molecule has 3 N–H and O–H groups in total. The van der Waals surface area contributed by atoms with Crippen LogP contribution in [0.5, 0.6) is 0 Å². The summed E-state index contributed by atoms with van der Waals surface area (Å²) >= 11 is 2.22. The zero-order valence-electron chi connectivity index (χ0n) is 4.56. The van der Waals surface area contributed by atoms with Gasteiger partial charge >= 0.3 is 0 Å². The van der Waals surface area contributed by atoms with Crippen LogP contribution in [0.25, 0.3) is 0 Å². The second kappa shape index (κ2) is 2.20. The van der Waals surface area contributed by atoms with Gasteiger partial charge in [-0.05, 0) is 28.7 Å². The number of nitrogens with one attached hydrogen (secondary N) is 1. The molecule has 0 fully saturated rings. The lowest BCUT2D eigenvalue weighted by Gasteiger charge is -2.12. The second-order valence-electron chi connectivity index (χ2n) is 1.70. The van der Waals surface area contributed by atoms with E-state index in [1.165, 1.54) is 0 Å². The minimum atomic E-state index is 0.00639. The van der Waals surface area contributed by atoms with Gasteiger partial charge in [-0.15, -0.1) is 0 Å². The fraction of sp³-hybridized carbons (Fsp3) is 0.500. The quantitative estimate of drug-likeness (QED) is 0.450. The lowest BCUT2D eigenvalue weighted by atomic mass is 10.5. The van der Waals surface area contributed by atoms with E-state index >= 15 is 0 Å². The maximum absolute atomic E-state index is 5.48. The summed E-state index contributed by atoms with van der Waals surface area (Å²) in [6.45, 7) is 0. The first kappa shape index (κ1) is 6.31. The zero-order chi connectivity index (χ0) is 6.15. The topological polar surface area (TPSA) is 41.3 Å². The van der Waals surface area contributed by atoms with E-state index in [9.17, 15) is 0 Å². The Bertz CT molecular complexity index is 122. The third-order valence-corrected chi connectivity index (χ3v) is 2.06. The summed E-state index contributed by atoms with van der Waals surface area (Å²) in [5.74, 6) is 0. The van der Waals surface area contributed by atoms with Crippen molar-refractivity contribution in [2.45, 2.75) is 6.17 Å². The number of hydrazine groups is 1. The highest BCUT2D eigenvalue weighted by Crippen LogP contribution is 2.13. The van der Waals surface area contributed by atoms with Crippen LogP contribution in [0.2, 0.25) is 0 Å². The molecule has 1 aliphatic heterocycles. The molecule has 0 aromatic heterocycles. The van der Waals surface area contributed by atoms with E-state index in [4.69, 9.17) is 5.73 Å². The molecule has 4 heteroatoms. The molecule has 1 atom stereocenters. The Morgan fingerprint density at radius 1 is 2.00 bits per heavy atom. The maximum Gasteiger partial charge on any atom is 0.0942 e. The second-order valence-corrected chi connectivity index (χ2v) is 2.81. The molecule has 0 aliphatic carbocycles. The van der Waals surface area contributed by atoms with Crippen LogP contribution >= 0.6 is 22.6 Å². The Kier molecular flexibility index (Phi) is 1.74. The monoisotopic (exact) mass is 225 g/mol. The minimum absolute atomic E-state index is 0.00639. The molecule has 3 nitrogen and oxygen atoms in total. The van der Waals surface area contributed by atoms with Gasteiger partial charge in [0.15, 0.2) is 0 Å². The Morgan fingerprint density at radius 3 is 2.75 bits per heavy atom. The van der Waals surface area contributed by atoms with Crippen LogP contribution in [0.3, 0.4) is 0 Å². The predicted molar refractivity (Wildman–Crippen MR) is 41.0 cm³/mol. The molecule has 0 amide bonds. The first-order valence-corrected chi connectivity index (χ1v) is 3.41. The van der Waals surface area contributed by atoms with Crippen molar-refractivity contribution < 1.29 is 0 Å². The largest absolute Gasteiger partial charge is 0.311 e. The molecular weight excluding hydrogens is 217 g/mol. The van der Waals surface area contributed by atoms with E-state index in [1.54, 1.807) is 0 Å². The smallest absolute Gasteiger partial charge is 0.0942 e. The molecule has 1 heterocycles. The van der Waals surface area contributed by atoms with Crippen LogP contribution in [-0.2, 0) is 0 Å². The highest BCUT2D eigenvalue weighted by Gasteiger charge is 2.12. The van der Waals surface area contributed by atoms with Crippen LogP contribution in [0.4, 0.5) is 0 Å². The van der Waals surface area contributed by atoms with Gasteiger partial charge < -0.3 is 10.7 Å². The van der Waals surface area contributed by atoms with Crippen molar-refractivity contribution in [1.82, 2.24) is 10.4 Å². The van der Waals surface area contributed by atoms with Gasteiger partial charge in [-0.2, -0.15) is 0 Å². The summed E-state index contributed by atoms with van der Waals surface area (Å²) in [5.41, 5.74) is 8.46. The number of halogens is 1. The molecule has 8 heavy (non-hydrogen) atoms. The molecule has 0 spiro atoms. The van der Waals surface area contributed by atoms with Gasteiger partial charge in [-0.25, -0.2) is 5.43 Å². The van der Waals surface area contributed by atoms with Crippen LogP contribution in [0, 0.1) is 0 Å². The van der Waals surface area contributed by atoms with Crippen molar-refractivity contribution in [1.29, 1.82) is 0 Å². The van der Waals surface area contributed by atoms with Crippen molar-refractivity contribution in [3.05, 3.63) is 9.78 Å². The van der Waals surface area contributed by atoms with Gasteiger partial charge in [0.05, 0.1) is 9.87 Å². The number of hydrogen-bond acceptors (Lipinski definition) is 3. The molecule has 0 saturated heterocycles. The number of hydrogen-bond donors (Lipinski definition) is 2. The van der Waals surface area contributed by atoms with Crippen LogP contribution in [0.1, 0.15) is 0 Å². The zero-order valence-corrected chi connectivity index (χ0v) is 6.71. The van der Waals surface area contributed by atoms with Gasteiger partial charge in [-0.1, -0.05) is 0 Å². The Balaban J connectivity index is 2.59. The normalized spacial score (nSPS) is 28.6. The summed E-state index contributed by atoms with van der Waals surface area (Å²) in [7, 11) is 1.94. The summed E-state index contributed by atoms with van der Waals surface area (Å²) in [6.07, 6.45) is 1.97. The van der Waals surface area contributed by atoms with E-state index in [0.29, 0.717) is 0 Å². The van der Waals surface area contributed by atoms with Gasteiger partial charge in [0.2, 0.25) is 0 Å². The summed E-state index contributed by atoms with van der Waals surface area (Å²) in [4.78, 5) is 0.